The largest absolute Gasteiger partial charge is 0.377 e. The number of hydrogen-bond acceptors (Lipinski definition) is 5. The lowest BCUT2D eigenvalue weighted by Crippen LogP contribution is -2.37. The number of rotatable bonds is 6. The molecule has 140 valence electrons. The maximum Gasteiger partial charge on any atom is 0.223 e. The number of carbonyl (C=O) groups is 1. The number of piperidine rings is 1. The zero-order valence-corrected chi connectivity index (χ0v) is 15.6. The number of aromatic nitrogens is 2. The van der Waals surface area contributed by atoms with E-state index >= 15 is 0 Å². The Hall–Kier alpha value is -1.60. The van der Waals surface area contributed by atoms with Crippen molar-refractivity contribution in [2.75, 3.05) is 38.7 Å². The zero-order chi connectivity index (χ0) is 18.0. The molecule has 7 nitrogen and oxygen atoms in total. The van der Waals surface area contributed by atoms with Crippen molar-refractivity contribution in [2.45, 2.75) is 38.3 Å². The maximum absolute atomic E-state index is 11.5. The van der Waals surface area contributed by atoms with Crippen LogP contribution in [0.3, 0.4) is 0 Å². The highest BCUT2D eigenvalue weighted by molar-refractivity contribution is 5.77. The SMILES string of the molecule is CN(C)c1ncc(CN2CCC(C[C@H]3OCC[C@H]3C(N)=O)CC2)n1C. The molecule has 2 atom stereocenters. The Balaban J connectivity index is 1.48. The average molecular weight is 349 g/mol. The second kappa shape index (κ2) is 7.74. The molecule has 25 heavy (non-hydrogen) atoms. The van der Waals surface area contributed by atoms with E-state index in [-0.39, 0.29) is 17.9 Å². The Morgan fingerprint density at radius 3 is 2.68 bits per heavy atom. The van der Waals surface area contributed by atoms with Crippen LogP contribution in [0.2, 0.25) is 0 Å². The van der Waals surface area contributed by atoms with Crippen LogP contribution < -0.4 is 10.6 Å². The number of primary amides is 1. The van der Waals surface area contributed by atoms with E-state index in [9.17, 15) is 4.79 Å². The molecule has 1 aromatic rings. The predicted molar refractivity (Wildman–Crippen MR) is 97.2 cm³/mol. The minimum atomic E-state index is -0.201. The van der Waals surface area contributed by atoms with Crippen molar-refractivity contribution in [2.24, 2.45) is 24.6 Å². The predicted octanol–water partition coefficient (Wildman–Crippen LogP) is 0.979. The second-order valence-corrected chi connectivity index (χ2v) is 7.66. The molecule has 2 fully saturated rings. The van der Waals surface area contributed by atoms with E-state index in [1.54, 1.807) is 0 Å². The molecule has 2 aliphatic rings. The van der Waals surface area contributed by atoms with Gasteiger partial charge in [0.25, 0.3) is 0 Å². The third kappa shape index (κ3) is 4.15. The van der Waals surface area contributed by atoms with Gasteiger partial charge in [-0.25, -0.2) is 4.98 Å². The maximum atomic E-state index is 11.5. The summed E-state index contributed by atoms with van der Waals surface area (Å²) >= 11 is 0. The van der Waals surface area contributed by atoms with Gasteiger partial charge < -0.3 is 19.9 Å². The van der Waals surface area contributed by atoms with Gasteiger partial charge in [0, 0.05) is 34.3 Å². The van der Waals surface area contributed by atoms with Crippen LogP contribution in [-0.4, -0.2) is 60.3 Å². The van der Waals surface area contributed by atoms with Gasteiger partial charge in [-0.15, -0.1) is 0 Å². The monoisotopic (exact) mass is 349 g/mol. The molecule has 0 aliphatic carbocycles. The summed E-state index contributed by atoms with van der Waals surface area (Å²) in [6.45, 7) is 3.78. The van der Waals surface area contributed by atoms with E-state index in [2.05, 4.69) is 21.5 Å². The fraction of sp³-hybridized carbons (Fsp3) is 0.778. The molecule has 2 N–H and O–H groups in total. The first-order valence-electron chi connectivity index (χ1n) is 9.27. The van der Waals surface area contributed by atoms with E-state index in [1.807, 2.05) is 25.2 Å². The molecular formula is C18H31N5O2. The topological polar surface area (TPSA) is 76.6 Å². The third-order valence-electron chi connectivity index (χ3n) is 5.69. The Morgan fingerprint density at radius 1 is 1.36 bits per heavy atom. The van der Waals surface area contributed by atoms with Crippen LogP contribution in [0.4, 0.5) is 5.95 Å². The first-order valence-corrected chi connectivity index (χ1v) is 9.27. The van der Waals surface area contributed by atoms with E-state index in [4.69, 9.17) is 10.5 Å². The van der Waals surface area contributed by atoms with Crippen LogP contribution >= 0.6 is 0 Å². The molecule has 1 aromatic heterocycles. The van der Waals surface area contributed by atoms with Crippen molar-refractivity contribution in [1.82, 2.24) is 14.5 Å². The van der Waals surface area contributed by atoms with Crippen molar-refractivity contribution in [3.63, 3.8) is 0 Å². The van der Waals surface area contributed by atoms with Crippen molar-refractivity contribution in [3.05, 3.63) is 11.9 Å². The van der Waals surface area contributed by atoms with Crippen molar-refractivity contribution in [1.29, 1.82) is 0 Å². The van der Waals surface area contributed by atoms with Crippen LogP contribution in [0.1, 0.15) is 31.4 Å². The van der Waals surface area contributed by atoms with E-state index in [1.165, 1.54) is 5.69 Å². The Kier molecular flexibility index (Phi) is 5.64. The molecule has 3 heterocycles. The van der Waals surface area contributed by atoms with Gasteiger partial charge in [-0.2, -0.15) is 0 Å². The first-order chi connectivity index (χ1) is 12.0. The molecule has 0 spiro atoms. The number of nitrogens with zero attached hydrogens (tertiary/aromatic N) is 4. The highest BCUT2D eigenvalue weighted by Gasteiger charge is 2.35. The van der Waals surface area contributed by atoms with Crippen molar-refractivity contribution < 1.29 is 9.53 Å². The molecule has 0 unspecified atom stereocenters. The van der Waals surface area contributed by atoms with E-state index in [0.29, 0.717) is 12.5 Å². The molecule has 7 heteroatoms. The summed E-state index contributed by atoms with van der Waals surface area (Å²) in [5.41, 5.74) is 6.75. The smallest absolute Gasteiger partial charge is 0.223 e. The summed E-state index contributed by atoms with van der Waals surface area (Å²) < 4.78 is 7.92. The van der Waals surface area contributed by atoms with Gasteiger partial charge in [-0.1, -0.05) is 0 Å². The molecule has 0 aromatic carbocycles. The van der Waals surface area contributed by atoms with Crippen LogP contribution in [0.5, 0.6) is 0 Å². The van der Waals surface area contributed by atoms with Gasteiger partial charge in [-0.3, -0.25) is 9.69 Å². The molecular weight excluding hydrogens is 318 g/mol. The molecule has 0 bridgehead atoms. The number of amides is 1. The van der Waals surface area contributed by atoms with Crippen molar-refractivity contribution >= 4 is 11.9 Å². The number of likely N-dealkylation sites (tertiary alicyclic amines) is 1. The highest BCUT2D eigenvalue weighted by atomic mass is 16.5. The average Bonchev–Trinajstić information content (AvgIpc) is 3.17. The summed E-state index contributed by atoms with van der Waals surface area (Å²) in [5, 5.41) is 0. The summed E-state index contributed by atoms with van der Waals surface area (Å²) in [6, 6.07) is 0. The van der Waals surface area contributed by atoms with Crippen LogP contribution in [0.25, 0.3) is 0 Å². The Labute approximate surface area is 150 Å². The summed E-state index contributed by atoms with van der Waals surface area (Å²) in [7, 11) is 6.11. The Morgan fingerprint density at radius 2 is 2.08 bits per heavy atom. The number of hydrogen-bond donors (Lipinski definition) is 1. The Bertz CT molecular complexity index is 592. The minimum Gasteiger partial charge on any atom is -0.377 e. The molecule has 2 saturated heterocycles. The molecule has 0 saturated carbocycles. The number of anilines is 1. The zero-order valence-electron chi connectivity index (χ0n) is 15.6. The van der Waals surface area contributed by atoms with Crippen LogP contribution in [-0.2, 0) is 23.1 Å². The van der Waals surface area contributed by atoms with Gasteiger partial charge in [0.1, 0.15) is 0 Å². The van der Waals surface area contributed by atoms with Gasteiger partial charge in [-0.05, 0) is 44.7 Å². The second-order valence-electron chi connectivity index (χ2n) is 7.66. The fourth-order valence-electron chi connectivity index (χ4n) is 4.14. The number of imidazole rings is 1. The molecule has 0 radical (unpaired) electrons. The number of carbonyl (C=O) groups excluding carboxylic acids is 1. The van der Waals surface area contributed by atoms with E-state index < -0.39 is 0 Å². The molecule has 3 rings (SSSR count). The molecule has 2 aliphatic heterocycles. The lowest BCUT2D eigenvalue weighted by molar-refractivity contribution is -0.123. The fourth-order valence-corrected chi connectivity index (χ4v) is 4.14. The third-order valence-corrected chi connectivity index (χ3v) is 5.69. The van der Waals surface area contributed by atoms with E-state index in [0.717, 1.165) is 51.3 Å². The standard InChI is InChI=1S/C18H31N5O2/c1-21(2)18-20-11-14(22(18)3)12-23-7-4-13(5-8-23)10-16-15(17(19)24)6-9-25-16/h11,13,15-16H,4-10,12H2,1-3H3,(H2,19,24)/t15-,16-/m1/s1. The number of ether oxygens (including phenoxy) is 1. The highest BCUT2D eigenvalue weighted by Crippen LogP contribution is 2.31. The minimum absolute atomic E-state index is 0.0359. The molecule has 1 amide bonds. The van der Waals surface area contributed by atoms with Crippen LogP contribution in [0, 0.1) is 11.8 Å². The first kappa shape index (κ1) is 18.2. The van der Waals surface area contributed by atoms with Gasteiger partial charge in [0.2, 0.25) is 11.9 Å². The summed E-state index contributed by atoms with van der Waals surface area (Å²) in [6.07, 6.45) is 6.08. The lowest BCUT2D eigenvalue weighted by Gasteiger charge is -2.33. The summed E-state index contributed by atoms with van der Waals surface area (Å²) in [4.78, 5) is 20.5. The van der Waals surface area contributed by atoms with Crippen LogP contribution in [0.15, 0.2) is 6.20 Å². The van der Waals surface area contributed by atoms with Crippen molar-refractivity contribution in [3.8, 4) is 0 Å². The van der Waals surface area contributed by atoms with Gasteiger partial charge in [0.15, 0.2) is 0 Å². The summed E-state index contributed by atoms with van der Waals surface area (Å²) in [5.74, 6) is 1.33. The normalized spacial score (nSPS) is 25.4. The van der Waals surface area contributed by atoms with Gasteiger partial charge in [0.05, 0.1) is 23.9 Å². The number of nitrogens with two attached hydrogens (primary N) is 1. The lowest BCUT2D eigenvalue weighted by atomic mass is 9.86. The quantitative estimate of drug-likeness (QED) is 0.828. The van der Waals surface area contributed by atoms with Gasteiger partial charge >= 0.3 is 0 Å².